The number of amides is 1. The first-order chi connectivity index (χ1) is 11.2. The molecule has 3 rings (SSSR count). The number of hydrogen-bond donors (Lipinski definition) is 1. The topological polar surface area (TPSA) is 45.2 Å². The molecule has 0 radical (unpaired) electrons. The van der Waals surface area contributed by atoms with Crippen LogP contribution in [-0.2, 0) is 0 Å². The van der Waals surface area contributed by atoms with Crippen molar-refractivity contribution in [2.75, 3.05) is 26.2 Å². The van der Waals surface area contributed by atoms with E-state index in [0.717, 1.165) is 19.6 Å². The van der Waals surface area contributed by atoms with Gasteiger partial charge in [-0.25, -0.2) is 4.39 Å². The van der Waals surface area contributed by atoms with Gasteiger partial charge in [0.2, 0.25) is 0 Å². The maximum atomic E-state index is 13.2. The van der Waals surface area contributed by atoms with Crippen molar-refractivity contribution in [1.29, 1.82) is 0 Å². The van der Waals surface area contributed by atoms with Crippen LogP contribution in [0.5, 0.6) is 0 Å². The number of likely N-dealkylation sites (tertiary alicyclic amines) is 1. The van der Waals surface area contributed by atoms with Crippen LogP contribution < -0.4 is 5.32 Å². The third-order valence-electron chi connectivity index (χ3n) is 4.06. The number of pyridine rings is 1. The lowest BCUT2D eigenvalue weighted by molar-refractivity contribution is 0.0949. The zero-order valence-corrected chi connectivity index (χ0v) is 13.0. The van der Waals surface area contributed by atoms with Crippen LogP contribution >= 0.6 is 0 Å². The van der Waals surface area contributed by atoms with E-state index in [1.807, 2.05) is 0 Å². The van der Waals surface area contributed by atoms with Crippen LogP contribution in [0, 0.1) is 5.82 Å². The minimum atomic E-state index is -0.298. The fourth-order valence-corrected chi connectivity index (χ4v) is 2.78. The molecule has 120 valence electrons. The quantitative estimate of drug-likeness (QED) is 0.923. The predicted octanol–water partition coefficient (Wildman–Crippen LogP) is 2.71. The molecular weight excluding hydrogens is 293 g/mol. The van der Waals surface area contributed by atoms with Crippen molar-refractivity contribution in [3.63, 3.8) is 0 Å². The summed E-state index contributed by atoms with van der Waals surface area (Å²) in [5, 5.41) is 2.91. The highest BCUT2D eigenvalue weighted by molar-refractivity contribution is 5.94. The van der Waals surface area contributed by atoms with E-state index < -0.39 is 0 Å². The Hall–Kier alpha value is -2.27. The summed E-state index contributed by atoms with van der Waals surface area (Å²) in [6, 6.07) is 9.72. The summed E-state index contributed by atoms with van der Waals surface area (Å²) in [6.07, 6.45) is 4.03. The summed E-state index contributed by atoms with van der Waals surface area (Å²) in [4.78, 5) is 18.7. The van der Waals surface area contributed by atoms with Gasteiger partial charge in [-0.05, 0) is 50.2 Å². The molecule has 1 N–H and O–H groups in total. The van der Waals surface area contributed by atoms with Crippen LogP contribution in [0.3, 0.4) is 0 Å². The summed E-state index contributed by atoms with van der Waals surface area (Å²) in [5.74, 6) is -0.421. The minimum Gasteiger partial charge on any atom is -0.351 e. The molecule has 1 aliphatic heterocycles. The van der Waals surface area contributed by atoms with E-state index in [0.29, 0.717) is 23.4 Å². The fraction of sp³-hybridized carbons (Fsp3) is 0.333. The summed E-state index contributed by atoms with van der Waals surface area (Å²) in [7, 11) is 0. The second-order valence-corrected chi connectivity index (χ2v) is 5.75. The SMILES string of the molecule is O=C(NCCN1CCCC1)c1ccc(-c2cccc(F)c2)nc1. The second kappa shape index (κ2) is 7.33. The summed E-state index contributed by atoms with van der Waals surface area (Å²) >= 11 is 0. The third kappa shape index (κ3) is 4.13. The highest BCUT2D eigenvalue weighted by Crippen LogP contribution is 2.17. The zero-order valence-electron chi connectivity index (χ0n) is 13.0. The van der Waals surface area contributed by atoms with Crippen molar-refractivity contribution >= 4 is 5.91 Å². The molecule has 1 saturated heterocycles. The van der Waals surface area contributed by atoms with Gasteiger partial charge >= 0.3 is 0 Å². The van der Waals surface area contributed by atoms with E-state index >= 15 is 0 Å². The molecule has 1 aromatic carbocycles. The first-order valence-electron chi connectivity index (χ1n) is 7.95. The summed E-state index contributed by atoms with van der Waals surface area (Å²) < 4.78 is 13.2. The highest BCUT2D eigenvalue weighted by atomic mass is 19.1. The molecule has 0 aliphatic carbocycles. The van der Waals surface area contributed by atoms with Crippen LogP contribution in [0.4, 0.5) is 4.39 Å². The van der Waals surface area contributed by atoms with Gasteiger partial charge in [0.25, 0.3) is 5.91 Å². The molecular formula is C18H20FN3O. The molecule has 1 aromatic heterocycles. The van der Waals surface area contributed by atoms with Gasteiger partial charge in [-0.15, -0.1) is 0 Å². The summed E-state index contributed by atoms with van der Waals surface area (Å²) in [5.41, 5.74) is 1.87. The van der Waals surface area contributed by atoms with Crippen molar-refractivity contribution in [2.24, 2.45) is 0 Å². The van der Waals surface area contributed by atoms with Crippen molar-refractivity contribution in [2.45, 2.75) is 12.8 Å². The van der Waals surface area contributed by atoms with Crippen LogP contribution in [0.15, 0.2) is 42.6 Å². The molecule has 0 saturated carbocycles. The fourth-order valence-electron chi connectivity index (χ4n) is 2.78. The van der Waals surface area contributed by atoms with E-state index in [-0.39, 0.29) is 11.7 Å². The van der Waals surface area contributed by atoms with Gasteiger partial charge in [0, 0.05) is 24.8 Å². The monoisotopic (exact) mass is 313 g/mol. The number of halogens is 1. The molecule has 0 unspecified atom stereocenters. The maximum absolute atomic E-state index is 13.2. The molecule has 1 aliphatic rings. The Morgan fingerprint density at radius 2 is 2.04 bits per heavy atom. The molecule has 1 fully saturated rings. The van der Waals surface area contributed by atoms with Gasteiger partial charge in [-0.3, -0.25) is 9.78 Å². The third-order valence-corrected chi connectivity index (χ3v) is 4.06. The van der Waals surface area contributed by atoms with E-state index in [2.05, 4.69) is 15.2 Å². The number of aromatic nitrogens is 1. The Morgan fingerprint density at radius 1 is 1.22 bits per heavy atom. The molecule has 2 aromatic rings. The van der Waals surface area contributed by atoms with E-state index in [4.69, 9.17) is 0 Å². The van der Waals surface area contributed by atoms with Gasteiger partial charge in [-0.1, -0.05) is 12.1 Å². The van der Waals surface area contributed by atoms with Crippen molar-refractivity contribution in [1.82, 2.24) is 15.2 Å². The first-order valence-corrected chi connectivity index (χ1v) is 7.95. The Morgan fingerprint density at radius 3 is 2.74 bits per heavy atom. The predicted molar refractivity (Wildman–Crippen MR) is 87.6 cm³/mol. The standard InChI is InChI=1S/C18H20FN3O/c19-16-5-3-4-14(12-16)17-7-6-15(13-21-17)18(23)20-8-11-22-9-1-2-10-22/h3-7,12-13H,1-2,8-11H2,(H,20,23). The molecule has 4 nitrogen and oxygen atoms in total. The Labute approximate surface area is 135 Å². The average Bonchev–Trinajstić information content (AvgIpc) is 3.08. The molecule has 0 atom stereocenters. The molecule has 0 spiro atoms. The number of hydrogen-bond acceptors (Lipinski definition) is 3. The number of nitrogens with one attached hydrogen (secondary N) is 1. The lowest BCUT2D eigenvalue weighted by Crippen LogP contribution is -2.33. The van der Waals surface area contributed by atoms with Gasteiger partial charge in [0.05, 0.1) is 11.3 Å². The molecule has 2 heterocycles. The van der Waals surface area contributed by atoms with Crippen LogP contribution in [0.2, 0.25) is 0 Å². The number of carbonyl (C=O) groups is 1. The lowest BCUT2D eigenvalue weighted by atomic mass is 10.1. The Kier molecular flexibility index (Phi) is 4.98. The van der Waals surface area contributed by atoms with Gasteiger partial charge in [-0.2, -0.15) is 0 Å². The van der Waals surface area contributed by atoms with Crippen LogP contribution in [0.25, 0.3) is 11.3 Å². The van der Waals surface area contributed by atoms with E-state index in [1.54, 1.807) is 24.3 Å². The largest absolute Gasteiger partial charge is 0.351 e. The Bertz CT molecular complexity index is 666. The van der Waals surface area contributed by atoms with E-state index in [1.165, 1.54) is 31.2 Å². The van der Waals surface area contributed by atoms with Gasteiger partial charge < -0.3 is 10.2 Å². The first kappa shape index (κ1) is 15.6. The Balaban J connectivity index is 1.56. The minimum absolute atomic E-state index is 0.123. The molecule has 5 heteroatoms. The lowest BCUT2D eigenvalue weighted by Gasteiger charge is -2.14. The summed E-state index contributed by atoms with van der Waals surface area (Å²) in [6.45, 7) is 3.78. The number of rotatable bonds is 5. The number of benzene rings is 1. The highest BCUT2D eigenvalue weighted by Gasteiger charge is 2.12. The number of carbonyl (C=O) groups excluding carboxylic acids is 1. The van der Waals surface area contributed by atoms with Crippen LogP contribution in [-0.4, -0.2) is 42.0 Å². The van der Waals surface area contributed by atoms with Gasteiger partial charge in [0.15, 0.2) is 0 Å². The van der Waals surface area contributed by atoms with Crippen molar-refractivity contribution < 1.29 is 9.18 Å². The van der Waals surface area contributed by atoms with Crippen molar-refractivity contribution in [3.8, 4) is 11.3 Å². The number of nitrogens with zero attached hydrogens (tertiary/aromatic N) is 2. The van der Waals surface area contributed by atoms with Gasteiger partial charge in [0.1, 0.15) is 5.82 Å². The van der Waals surface area contributed by atoms with Crippen LogP contribution in [0.1, 0.15) is 23.2 Å². The normalized spacial score (nSPS) is 14.8. The molecule has 1 amide bonds. The molecule has 0 bridgehead atoms. The average molecular weight is 313 g/mol. The maximum Gasteiger partial charge on any atom is 0.252 e. The molecule has 23 heavy (non-hydrogen) atoms. The van der Waals surface area contributed by atoms with E-state index in [9.17, 15) is 9.18 Å². The smallest absolute Gasteiger partial charge is 0.252 e. The second-order valence-electron chi connectivity index (χ2n) is 5.75. The zero-order chi connectivity index (χ0) is 16.1. The van der Waals surface area contributed by atoms with Crippen molar-refractivity contribution in [3.05, 3.63) is 54.0 Å².